The van der Waals surface area contributed by atoms with Crippen molar-refractivity contribution < 1.29 is 22.7 Å². The lowest BCUT2D eigenvalue weighted by atomic mass is 10.1. The van der Waals surface area contributed by atoms with Gasteiger partial charge in [0.2, 0.25) is 21.8 Å². The number of carbonyl (C=O) groups is 2. The van der Waals surface area contributed by atoms with E-state index in [-0.39, 0.29) is 43.8 Å². The van der Waals surface area contributed by atoms with Crippen LogP contribution in [0.4, 0.5) is 5.69 Å². The molecule has 0 spiro atoms. The first-order chi connectivity index (χ1) is 17.5. The Kier molecular flexibility index (Phi) is 11.7. The minimum atomic E-state index is -3.63. The molecule has 2 rings (SSSR count). The standard InChI is InChI=1S/C27H38ClN3O5S/c1-6-23(27(33)29-20(3)4)30(19-21-14-16-22(28)17-15-21)26(32)13-10-18-31(37(5,34)35)24-11-8-9-12-25(24)36-7-2/h8-9,11-12,14-17,20,23H,6-7,10,13,18-19H2,1-5H3,(H,29,33)/t23-/m1/s1. The van der Waals surface area contributed by atoms with Gasteiger partial charge in [-0.25, -0.2) is 8.42 Å². The molecule has 0 heterocycles. The Labute approximate surface area is 226 Å². The molecule has 0 fully saturated rings. The molecule has 2 amide bonds. The Balaban J connectivity index is 2.24. The topological polar surface area (TPSA) is 96.0 Å². The molecule has 0 aliphatic heterocycles. The lowest BCUT2D eigenvalue weighted by Crippen LogP contribution is -2.50. The third-order valence-corrected chi connectivity index (χ3v) is 7.10. The molecule has 37 heavy (non-hydrogen) atoms. The number of nitrogens with zero attached hydrogens (tertiary/aromatic N) is 2. The number of hydrogen-bond acceptors (Lipinski definition) is 5. The summed E-state index contributed by atoms with van der Waals surface area (Å²) in [5.41, 5.74) is 1.28. The van der Waals surface area contributed by atoms with Crippen molar-refractivity contribution in [3.63, 3.8) is 0 Å². The summed E-state index contributed by atoms with van der Waals surface area (Å²) in [5, 5.41) is 3.49. The zero-order valence-electron chi connectivity index (χ0n) is 22.2. The van der Waals surface area contributed by atoms with Gasteiger partial charge in [0, 0.05) is 30.6 Å². The highest BCUT2D eigenvalue weighted by atomic mass is 35.5. The second-order valence-electron chi connectivity index (χ2n) is 9.07. The summed E-state index contributed by atoms with van der Waals surface area (Å²) in [4.78, 5) is 28.0. The van der Waals surface area contributed by atoms with E-state index in [9.17, 15) is 18.0 Å². The van der Waals surface area contributed by atoms with Crippen LogP contribution in [0.1, 0.15) is 52.5 Å². The van der Waals surface area contributed by atoms with E-state index < -0.39 is 16.1 Å². The first kappa shape index (κ1) is 30.4. The lowest BCUT2D eigenvalue weighted by Gasteiger charge is -2.31. The van der Waals surface area contributed by atoms with E-state index in [0.29, 0.717) is 29.5 Å². The number of halogens is 1. The molecular weight excluding hydrogens is 514 g/mol. The Bertz CT molecular complexity index is 1140. The van der Waals surface area contributed by atoms with Crippen LogP contribution >= 0.6 is 11.6 Å². The molecule has 1 N–H and O–H groups in total. The molecule has 0 aliphatic carbocycles. The molecule has 1 atom stereocenters. The van der Waals surface area contributed by atoms with Gasteiger partial charge in [-0.15, -0.1) is 0 Å². The zero-order chi connectivity index (χ0) is 27.6. The molecule has 2 aromatic carbocycles. The average Bonchev–Trinajstić information content (AvgIpc) is 2.82. The molecule has 0 aromatic heterocycles. The number of anilines is 1. The number of ether oxygens (including phenoxy) is 1. The van der Waals surface area contributed by atoms with Crippen molar-refractivity contribution in [1.82, 2.24) is 10.2 Å². The van der Waals surface area contributed by atoms with Crippen molar-refractivity contribution in [2.75, 3.05) is 23.7 Å². The predicted octanol–water partition coefficient (Wildman–Crippen LogP) is 4.62. The van der Waals surface area contributed by atoms with Crippen LogP contribution in [0.25, 0.3) is 0 Å². The number of rotatable bonds is 14. The van der Waals surface area contributed by atoms with Crippen LogP contribution in [0.5, 0.6) is 5.75 Å². The highest BCUT2D eigenvalue weighted by Gasteiger charge is 2.29. The van der Waals surface area contributed by atoms with Gasteiger partial charge in [-0.05, 0) is 63.4 Å². The Morgan fingerprint density at radius 1 is 1.05 bits per heavy atom. The fraction of sp³-hybridized carbons (Fsp3) is 0.481. The molecule has 204 valence electrons. The van der Waals surface area contributed by atoms with E-state index >= 15 is 0 Å². The van der Waals surface area contributed by atoms with Gasteiger partial charge in [0.25, 0.3) is 0 Å². The van der Waals surface area contributed by atoms with Crippen LogP contribution < -0.4 is 14.4 Å². The Morgan fingerprint density at radius 2 is 1.70 bits per heavy atom. The van der Waals surface area contributed by atoms with Gasteiger partial charge < -0.3 is 15.0 Å². The normalized spacial score (nSPS) is 12.2. The summed E-state index contributed by atoms with van der Waals surface area (Å²) >= 11 is 6.02. The number of amides is 2. The van der Waals surface area contributed by atoms with Gasteiger partial charge in [0.1, 0.15) is 11.8 Å². The second kappa shape index (κ2) is 14.2. The van der Waals surface area contributed by atoms with Crippen molar-refractivity contribution in [2.45, 2.75) is 65.6 Å². The Hall–Kier alpha value is -2.78. The quantitative estimate of drug-likeness (QED) is 0.370. The van der Waals surface area contributed by atoms with E-state index in [1.807, 2.05) is 39.8 Å². The summed E-state index contributed by atoms with van der Waals surface area (Å²) in [6.45, 7) is 8.16. The number of carbonyl (C=O) groups excluding carboxylic acids is 2. The van der Waals surface area contributed by atoms with E-state index in [0.717, 1.165) is 11.8 Å². The first-order valence-corrected chi connectivity index (χ1v) is 14.7. The fourth-order valence-electron chi connectivity index (χ4n) is 4.01. The molecule has 0 bridgehead atoms. The number of para-hydroxylation sites is 2. The highest BCUT2D eigenvalue weighted by Crippen LogP contribution is 2.30. The molecule has 10 heteroatoms. The summed E-state index contributed by atoms with van der Waals surface area (Å²) in [6.07, 6.45) is 1.91. The predicted molar refractivity (Wildman–Crippen MR) is 148 cm³/mol. The smallest absolute Gasteiger partial charge is 0.243 e. The third kappa shape index (κ3) is 9.23. The molecule has 0 aliphatic rings. The molecular formula is C27H38ClN3O5S. The molecule has 0 saturated carbocycles. The van der Waals surface area contributed by atoms with Crippen molar-refractivity contribution >= 4 is 39.1 Å². The van der Waals surface area contributed by atoms with Gasteiger partial charge in [0.05, 0.1) is 18.6 Å². The maximum Gasteiger partial charge on any atom is 0.243 e. The van der Waals surface area contributed by atoms with Crippen molar-refractivity contribution in [3.05, 3.63) is 59.1 Å². The van der Waals surface area contributed by atoms with E-state index in [2.05, 4.69) is 5.32 Å². The number of sulfonamides is 1. The summed E-state index contributed by atoms with van der Waals surface area (Å²) < 4.78 is 32.1. The summed E-state index contributed by atoms with van der Waals surface area (Å²) in [6, 6.07) is 13.3. The van der Waals surface area contributed by atoms with E-state index in [4.69, 9.17) is 16.3 Å². The van der Waals surface area contributed by atoms with Crippen molar-refractivity contribution in [1.29, 1.82) is 0 Å². The SMILES string of the molecule is CCOc1ccccc1N(CCCC(=O)N(Cc1ccc(Cl)cc1)[C@H](CC)C(=O)NC(C)C)S(C)(=O)=O. The summed E-state index contributed by atoms with van der Waals surface area (Å²) in [5.74, 6) is 0.0120. The minimum absolute atomic E-state index is 0.0669. The molecule has 0 saturated heterocycles. The van der Waals surface area contributed by atoms with Gasteiger partial charge in [-0.3, -0.25) is 13.9 Å². The number of nitrogens with one attached hydrogen (secondary N) is 1. The van der Waals surface area contributed by atoms with E-state index in [1.165, 1.54) is 4.31 Å². The molecule has 8 nitrogen and oxygen atoms in total. The van der Waals surface area contributed by atoms with Crippen LogP contribution in [0.2, 0.25) is 5.02 Å². The number of hydrogen-bond donors (Lipinski definition) is 1. The van der Waals surface area contributed by atoms with Gasteiger partial charge in [-0.1, -0.05) is 42.8 Å². The maximum atomic E-state index is 13.5. The maximum absolute atomic E-state index is 13.5. The van der Waals surface area contributed by atoms with Crippen LogP contribution in [0, 0.1) is 0 Å². The largest absolute Gasteiger partial charge is 0.492 e. The second-order valence-corrected chi connectivity index (χ2v) is 11.4. The highest BCUT2D eigenvalue weighted by molar-refractivity contribution is 7.92. The third-order valence-electron chi connectivity index (χ3n) is 5.67. The zero-order valence-corrected chi connectivity index (χ0v) is 23.8. The monoisotopic (exact) mass is 551 g/mol. The van der Waals surface area contributed by atoms with E-state index in [1.54, 1.807) is 41.3 Å². The van der Waals surface area contributed by atoms with Gasteiger partial charge in [0.15, 0.2) is 0 Å². The fourth-order valence-corrected chi connectivity index (χ4v) is 5.10. The van der Waals surface area contributed by atoms with Crippen LogP contribution in [-0.4, -0.2) is 56.6 Å². The molecule has 0 radical (unpaired) electrons. The van der Waals surface area contributed by atoms with Crippen LogP contribution in [0.15, 0.2) is 48.5 Å². The lowest BCUT2D eigenvalue weighted by molar-refractivity contribution is -0.141. The average molecular weight is 552 g/mol. The van der Waals surface area contributed by atoms with Crippen molar-refractivity contribution in [2.24, 2.45) is 0 Å². The first-order valence-electron chi connectivity index (χ1n) is 12.5. The van der Waals surface area contributed by atoms with Crippen molar-refractivity contribution in [3.8, 4) is 5.75 Å². The minimum Gasteiger partial charge on any atom is -0.492 e. The summed E-state index contributed by atoms with van der Waals surface area (Å²) in [7, 11) is -3.63. The Morgan fingerprint density at radius 3 is 2.27 bits per heavy atom. The van der Waals surface area contributed by atoms with Crippen LogP contribution in [0.3, 0.4) is 0 Å². The van der Waals surface area contributed by atoms with Gasteiger partial charge in [-0.2, -0.15) is 0 Å². The van der Waals surface area contributed by atoms with Gasteiger partial charge >= 0.3 is 0 Å². The van der Waals surface area contributed by atoms with Crippen LogP contribution in [-0.2, 0) is 26.2 Å². The molecule has 0 unspecified atom stereocenters. The molecule has 2 aromatic rings. The number of benzene rings is 2.